The average molecular weight is 300 g/mol. The summed E-state index contributed by atoms with van der Waals surface area (Å²) in [5.74, 6) is -0.496. The maximum atomic E-state index is 12.9. The van der Waals surface area contributed by atoms with Crippen molar-refractivity contribution in [2.24, 2.45) is 0 Å². The number of carboxylic acid groups (broad SMARTS) is 1. The summed E-state index contributed by atoms with van der Waals surface area (Å²) in [5.41, 5.74) is 0. The maximum Gasteiger partial charge on any atom is 0.407 e. The van der Waals surface area contributed by atoms with Crippen molar-refractivity contribution in [3.8, 4) is 0 Å². The van der Waals surface area contributed by atoms with E-state index in [2.05, 4.69) is 0 Å². The van der Waals surface area contributed by atoms with E-state index in [1.165, 1.54) is 21.3 Å². The second-order valence-corrected chi connectivity index (χ2v) is 6.90. The molecule has 1 aromatic carbocycles. The van der Waals surface area contributed by atoms with Gasteiger partial charge in [0.2, 0.25) is 10.0 Å². The molecule has 2 saturated heterocycles. The van der Waals surface area contributed by atoms with Crippen LogP contribution in [0.4, 0.5) is 9.18 Å². The van der Waals surface area contributed by atoms with Gasteiger partial charge in [-0.25, -0.2) is 17.6 Å². The molecule has 0 saturated carbocycles. The number of benzene rings is 1. The summed E-state index contributed by atoms with van der Waals surface area (Å²) >= 11 is 0. The molecule has 1 aromatic rings. The Bertz CT molecular complexity index is 646. The number of fused-ring (bicyclic) bond motifs is 2. The Labute approximate surface area is 115 Å². The Morgan fingerprint density at radius 3 is 2.35 bits per heavy atom. The number of rotatable bonds is 2. The lowest BCUT2D eigenvalue weighted by molar-refractivity contribution is 0.123. The van der Waals surface area contributed by atoms with Crippen LogP contribution in [0.5, 0.6) is 0 Å². The van der Waals surface area contributed by atoms with Gasteiger partial charge >= 0.3 is 6.09 Å². The standard InChI is InChI=1S/C12H13FN2O4S/c13-8-1-3-11(4-2-8)20(18,19)15-7-9-5-10(15)6-14(9)12(16)17/h1-4,9-10H,5-7H2,(H,16,17)/t9-,10-/m0/s1. The van der Waals surface area contributed by atoms with Crippen LogP contribution in [0.25, 0.3) is 0 Å². The van der Waals surface area contributed by atoms with Gasteiger partial charge in [-0.05, 0) is 30.7 Å². The molecule has 0 unspecified atom stereocenters. The van der Waals surface area contributed by atoms with E-state index in [0.717, 1.165) is 12.1 Å². The summed E-state index contributed by atoms with van der Waals surface area (Å²) in [6.45, 7) is 0.358. The first kappa shape index (κ1) is 13.3. The van der Waals surface area contributed by atoms with Gasteiger partial charge in [0.05, 0.1) is 10.9 Å². The van der Waals surface area contributed by atoms with Crippen LogP contribution in [-0.2, 0) is 10.0 Å². The number of piperazine rings is 1. The first-order valence-corrected chi connectivity index (χ1v) is 7.60. The molecule has 3 rings (SSSR count). The molecule has 1 N–H and O–H groups in total. The minimum absolute atomic E-state index is 0.0355. The molecule has 0 aromatic heterocycles. The molecule has 8 heteroatoms. The van der Waals surface area contributed by atoms with Crippen molar-refractivity contribution in [3.05, 3.63) is 30.1 Å². The van der Waals surface area contributed by atoms with E-state index < -0.39 is 21.9 Å². The summed E-state index contributed by atoms with van der Waals surface area (Å²) in [6.07, 6.45) is -0.497. The Kier molecular flexibility index (Phi) is 2.94. The zero-order valence-corrected chi connectivity index (χ0v) is 11.3. The van der Waals surface area contributed by atoms with Crippen LogP contribution in [0, 0.1) is 5.82 Å². The number of amides is 1. The minimum Gasteiger partial charge on any atom is -0.465 e. The monoisotopic (exact) mass is 300 g/mol. The fourth-order valence-corrected chi connectivity index (χ4v) is 4.57. The smallest absolute Gasteiger partial charge is 0.407 e. The Hall–Kier alpha value is -1.67. The highest BCUT2D eigenvalue weighted by atomic mass is 32.2. The lowest BCUT2D eigenvalue weighted by Crippen LogP contribution is -2.50. The molecule has 0 spiro atoms. The van der Waals surface area contributed by atoms with Crippen molar-refractivity contribution in [2.45, 2.75) is 23.4 Å². The summed E-state index contributed by atoms with van der Waals surface area (Å²) in [6, 6.07) is 4.05. The zero-order chi connectivity index (χ0) is 14.5. The second-order valence-electron chi connectivity index (χ2n) is 5.01. The van der Waals surface area contributed by atoms with Gasteiger partial charge in [0.25, 0.3) is 0 Å². The van der Waals surface area contributed by atoms with Crippen molar-refractivity contribution < 1.29 is 22.7 Å². The van der Waals surface area contributed by atoms with Crippen molar-refractivity contribution in [1.82, 2.24) is 9.21 Å². The van der Waals surface area contributed by atoms with Gasteiger partial charge < -0.3 is 10.0 Å². The molecule has 0 aliphatic carbocycles. The number of hydrogen-bond acceptors (Lipinski definition) is 3. The number of sulfonamides is 1. The molecule has 6 nitrogen and oxygen atoms in total. The summed E-state index contributed by atoms with van der Waals surface area (Å²) in [4.78, 5) is 12.3. The summed E-state index contributed by atoms with van der Waals surface area (Å²) in [5, 5.41) is 8.99. The van der Waals surface area contributed by atoms with Crippen LogP contribution in [0.2, 0.25) is 0 Å². The van der Waals surface area contributed by atoms with E-state index in [1.807, 2.05) is 0 Å². The van der Waals surface area contributed by atoms with Crippen LogP contribution in [-0.4, -0.2) is 54.0 Å². The molecular formula is C12H13FN2O4S. The zero-order valence-electron chi connectivity index (χ0n) is 10.4. The number of likely N-dealkylation sites (tertiary alicyclic amines) is 1. The molecule has 0 radical (unpaired) electrons. The lowest BCUT2D eigenvalue weighted by Gasteiger charge is -2.31. The van der Waals surface area contributed by atoms with Gasteiger partial charge in [-0.3, -0.25) is 0 Å². The highest BCUT2D eigenvalue weighted by Gasteiger charge is 2.50. The van der Waals surface area contributed by atoms with Crippen molar-refractivity contribution in [3.63, 3.8) is 0 Å². The molecule has 1 amide bonds. The first-order chi connectivity index (χ1) is 9.39. The van der Waals surface area contributed by atoms with Crippen molar-refractivity contribution >= 4 is 16.1 Å². The minimum atomic E-state index is -3.69. The molecule has 2 fully saturated rings. The van der Waals surface area contributed by atoms with Gasteiger partial charge in [0, 0.05) is 19.1 Å². The average Bonchev–Trinajstić information content (AvgIpc) is 2.99. The lowest BCUT2D eigenvalue weighted by atomic mass is 10.2. The van der Waals surface area contributed by atoms with Crippen LogP contribution < -0.4 is 0 Å². The SMILES string of the molecule is O=C(O)N1C[C@@H]2C[C@H]1CN2S(=O)(=O)c1ccc(F)cc1. The number of nitrogens with zero attached hydrogens (tertiary/aromatic N) is 2. The summed E-state index contributed by atoms with van der Waals surface area (Å²) in [7, 11) is -3.69. The molecule has 2 aliphatic rings. The van der Waals surface area contributed by atoms with E-state index >= 15 is 0 Å². The van der Waals surface area contributed by atoms with Gasteiger partial charge in [-0.15, -0.1) is 0 Å². The molecular weight excluding hydrogens is 287 g/mol. The van der Waals surface area contributed by atoms with Crippen LogP contribution >= 0.6 is 0 Å². The van der Waals surface area contributed by atoms with Crippen molar-refractivity contribution in [1.29, 1.82) is 0 Å². The molecule has 108 valence electrons. The highest BCUT2D eigenvalue weighted by molar-refractivity contribution is 7.89. The van der Waals surface area contributed by atoms with Gasteiger partial charge in [-0.1, -0.05) is 0 Å². The fraction of sp³-hybridized carbons (Fsp3) is 0.417. The Balaban J connectivity index is 1.85. The van der Waals surface area contributed by atoms with Gasteiger partial charge in [0.1, 0.15) is 5.82 Å². The Morgan fingerprint density at radius 2 is 1.85 bits per heavy atom. The predicted molar refractivity (Wildman–Crippen MR) is 67.2 cm³/mol. The topological polar surface area (TPSA) is 77.9 Å². The van der Waals surface area contributed by atoms with Gasteiger partial charge in [0.15, 0.2) is 0 Å². The van der Waals surface area contributed by atoms with E-state index in [4.69, 9.17) is 5.11 Å². The quantitative estimate of drug-likeness (QED) is 0.882. The van der Waals surface area contributed by atoms with Crippen LogP contribution in [0.3, 0.4) is 0 Å². The van der Waals surface area contributed by atoms with Crippen LogP contribution in [0.1, 0.15) is 6.42 Å². The second kappa shape index (κ2) is 4.42. The van der Waals surface area contributed by atoms with E-state index in [9.17, 15) is 17.6 Å². The van der Waals surface area contributed by atoms with Crippen molar-refractivity contribution in [2.75, 3.05) is 13.1 Å². The van der Waals surface area contributed by atoms with Crippen LogP contribution in [0.15, 0.2) is 29.2 Å². The molecule has 2 heterocycles. The third kappa shape index (κ3) is 1.95. The first-order valence-electron chi connectivity index (χ1n) is 6.16. The maximum absolute atomic E-state index is 12.9. The Morgan fingerprint density at radius 1 is 1.20 bits per heavy atom. The largest absolute Gasteiger partial charge is 0.465 e. The van der Waals surface area contributed by atoms with E-state index in [1.54, 1.807) is 0 Å². The number of halogens is 1. The highest BCUT2D eigenvalue weighted by Crippen LogP contribution is 2.34. The van der Waals surface area contributed by atoms with Gasteiger partial charge in [-0.2, -0.15) is 4.31 Å². The van der Waals surface area contributed by atoms with E-state index in [-0.39, 0.29) is 30.1 Å². The fourth-order valence-electron chi connectivity index (χ4n) is 2.90. The molecule has 2 bridgehead atoms. The molecule has 20 heavy (non-hydrogen) atoms. The molecule has 2 aliphatic heterocycles. The third-order valence-electron chi connectivity index (χ3n) is 3.86. The normalized spacial score (nSPS) is 26.1. The number of hydrogen-bond donors (Lipinski definition) is 1. The van der Waals surface area contributed by atoms with E-state index in [0.29, 0.717) is 6.42 Å². The third-order valence-corrected chi connectivity index (χ3v) is 5.79. The predicted octanol–water partition coefficient (Wildman–Crippen LogP) is 0.951. The summed E-state index contributed by atoms with van der Waals surface area (Å²) < 4.78 is 39.1. The molecule has 2 atom stereocenters. The number of carbonyl (C=O) groups is 1.